The van der Waals surface area contributed by atoms with Crippen molar-refractivity contribution in [2.45, 2.75) is 6.92 Å². The van der Waals surface area contributed by atoms with E-state index in [9.17, 15) is 0 Å². The molecule has 0 aliphatic carbocycles. The van der Waals surface area contributed by atoms with Gasteiger partial charge in [0.05, 0.1) is 0 Å². The molecule has 0 rings (SSSR count). The third kappa shape index (κ3) is 4.46. The maximum absolute atomic E-state index is 4.98. The number of halogens is 1. The molecule has 0 saturated heterocycles. The predicted molar refractivity (Wildman–Crippen MR) is 40.9 cm³/mol. The fourth-order valence-corrected chi connectivity index (χ4v) is 1.07. The van der Waals surface area contributed by atoms with Crippen LogP contribution in [0.3, 0.4) is 0 Å². The summed E-state index contributed by atoms with van der Waals surface area (Å²) in [6, 6.07) is 0. The van der Waals surface area contributed by atoms with Crippen LogP contribution in [0.5, 0.6) is 0 Å². The van der Waals surface area contributed by atoms with Crippen LogP contribution in [0.2, 0.25) is 0 Å². The molecule has 0 bridgehead atoms. The van der Waals surface area contributed by atoms with E-state index in [2.05, 4.69) is 21.0 Å². The Morgan fingerprint density at radius 2 is 2.29 bits per heavy atom. The van der Waals surface area contributed by atoms with Gasteiger partial charge >= 0.3 is 51.4 Å². The zero-order valence-electron chi connectivity index (χ0n) is 4.66. The molecule has 7 heavy (non-hydrogen) atoms. The van der Waals surface area contributed by atoms with Crippen molar-refractivity contribution in [3.8, 4) is 0 Å². The van der Waals surface area contributed by atoms with Crippen LogP contribution in [0, 0.1) is 0 Å². The van der Waals surface area contributed by atoms with Crippen LogP contribution in [-0.4, -0.2) is 9.36 Å². The molecule has 0 fully saturated rings. The van der Waals surface area contributed by atoms with E-state index in [0.717, 1.165) is 0 Å². The monoisotopic (exact) mass is 217 g/mol. The van der Waals surface area contributed by atoms with Crippen LogP contribution in [-0.2, 0) is 0 Å². The topological polar surface area (TPSA) is 50.1 Å². The molecule has 0 atom stereocenters. The summed E-state index contributed by atoms with van der Waals surface area (Å²) in [4.78, 5) is 2.21. The van der Waals surface area contributed by atoms with Gasteiger partial charge in [0.1, 0.15) is 0 Å². The number of nitrogens with two attached hydrogens (primary N) is 1. The molecular weight excluding hydrogens is 205 g/mol. The third-order valence-electron chi connectivity index (χ3n) is 0.617. The van der Waals surface area contributed by atoms with Crippen molar-refractivity contribution in [2.75, 3.05) is 9.36 Å². The van der Waals surface area contributed by atoms with Crippen LogP contribution in [0.4, 0.5) is 0 Å². The van der Waals surface area contributed by atoms with Crippen molar-refractivity contribution >= 4 is 20.1 Å². The molecule has 4 N–H and O–H groups in total. The first-order valence-corrected chi connectivity index (χ1v) is 6.84. The summed E-state index contributed by atoms with van der Waals surface area (Å²) < 4.78 is 4.22. The van der Waals surface area contributed by atoms with E-state index < -0.39 is 20.1 Å². The first-order valence-electron chi connectivity index (χ1n) is 2.08. The molecule has 0 aromatic heterocycles. The SMILES string of the molecule is CCI(C)NNN. The molecule has 0 unspecified atom stereocenters. The van der Waals surface area contributed by atoms with E-state index in [1.54, 1.807) is 0 Å². The normalized spacial score (nSPS) is 11.6. The Labute approximate surface area is 51.7 Å². The molecule has 3 nitrogen and oxygen atoms in total. The Bertz CT molecular complexity index is 41.2. The van der Waals surface area contributed by atoms with E-state index >= 15 is 0 Å². The summed E-state index contributed by atoms with van der Waals surface area (Å²) in [5.41, 5.74) is 2.44. The van der Waals surface area contributed by atoms with Gasteiger partial charge in [-0.1, -0.05) is 0 Å². The van der Waals surface area contributed by atoms with Crippen molar-refractivity contribution in [1.29, 1.82) is 0 Å². The number of nitrogens with one attached hydrogen (secondary N) is 2. The second kappa shape index (κ2) is 4.76. The van der Waals surface area contributed by atoms with E-state index in [1.165, 1.54) is 4.43 Å². The Morgan fingerprint density at radius 1 is 1.71 bits per heavy atom. The van der Waals surface area contributed by atoms with Gasteiger partial charge in [-0.2, -0.15) is 0 Å². The Hall–Kier alpha value is 0.610. The summed E-state index contributed by atoms with van der Waals surface area (Å²) in [6.45, 7) is 2.16. The fraction of sp³-hybridized carbons (Fsp3) is 1.00. The van der Waals surface area contributed by atoms with E-state index in [0.29, 0.717) is 0 Å². The number of hydrogen-bond acceptors (Lipinski definition) is 3. The number of rotatable bonds is 3. The van der Waals surface area contributed by atoms with Gasteiger partial charge in [-0.3, -0.25) is 0 Å². The third-order valence-corrected chi connectivity index (χ3v) is 4.14. The standard InChI is InChI=1S/C3H12IN3/c1-3-4(2)6-7-5/h6-7H,3,5H2,1-2H3. The number of hydrazine groups is 2. The molecule has 0 amide bonds. The first-order chi connectivity index (χ1) is 3.31. The van der Waals surface area contributed by atoms with Crippen molar-refractivity contribution in [2.24, 2.45) is 5.84 Å². The summed E-state index contributed by atoms with van der Waals surface area (Å²) in [5, 5.41) is 0. The van der Waals surface area contributed by atoms with Crippen LogP contribution in [0.15, 0.2) is 0 Å². The Morgan fingerprint density at radius 3 is 2.43 bits per heavy atom. The minimum absolute atomic E-state index is 0.812. The van der Waals surface area contributed by atoms with Crippen LogP contribution >= 0.6 is 20.1 Å². The molecule has 0 aliphatic heterocycles. The van der Waals surface area contributed by atoms with Gasteiger partial charge in [-0.05, 0) is 0 Å². The number of hydrogen-bond donors (Lipinski definition) is 3. The zero-order chi connectivity index (χ0) is 5.70. The summed E-state index contributed by atoms with van der Waals surface area (Å²) >= 11 is -0.812. The van der Waals surface area contributed by atoms with Crippen LogP contribution in [0.1, 0.15) is 6.92 Å². The summed E-state index contributed by atoms with van der Waals surface area (Å²) in [7, 11) is 0. The Balaban J connectivity index is 2.83. The van der Waals surface area contributed by atoms with Gasteiger partial charge in [-0.15, -0.1) is 0 Å². The van der Waals surface area contributed by atoms with Crippen molar-refractivity contribution in [3.63, 3.8) is 0 Å². The van der Waals surface area contributed by atoms with Gasteiger partial charge < -0.3 is 0 Å². The molecule has 0 radical (unpaired) electrons. The van der Waals surface area contributed by atoms with Crippen LogP contribution in [0.25, 0.3) is 0 Å². The minimum atomic E-state index is -0.812. The Kier molecular flexibility index (Phi) is 5.18. The fourth-order valence-electron chi connectivity index (χ4n) is 0.160. The van der Waals surface area contributed by atoms with Gasteiger partial charge in [-0.25, -0.2) is 0 Å². The molecule has 0 aromatic rings. The van der Waals surface area contributed by atoms with E-state index in [1.807, 2.05) is 0 Å². The van der Waals surface area contributed by atoms with Gasteiger partial charge in [0, 0.05) is 0 Å². The molecule has 0 spiro atoms. The first kappa shape index (κ1) is 7.61. The average molecular weight is 217 g/mol. The van der Waals surface area contributed by atoms with E-state index in [-0.39, 0.29) is 0 Å². The van der Waals surface area contributed by atoms with Gasteiger partial charge in [0.15, 0.2) is 0 Å². The molecule has 4 heteroatoms. The van der Waals surface area contributed by atoms with Crippen molar-refractivity contribution in [3.05, 3.63) is 0 Å². The summed E-state index contributed by atoms with van der Waals surface area (Å²) in [5.74, 6) is 4.98. The van der Waals surface area contributed by atoms with Crippen molar-refractivity contribution in [1.82, 2.24) is 9.17 Å². The quantitative estimate of drug-likeness (QED) is 0.205. The number of alkyl halides is 2. The molecule has 46 valence electrons. The molecule has 0 aliphatic rings. The molecule has 0 heterocycles. The maximum atomic E-state index is 4.98. The average Bonchev–Trinajstić information content (AvgIpc) is 1.68. The van der Waals surface area contributed by atoms with E-state index in [4.69, 9.17) is 5.84 Å². The molecule has 0 saturated carbocycles. The van der Waals surface area contributed by atoms with Crippen molar-refractivity contribution < 1.29 is 0 Å². The second-order valence-corrected chi connectivity index (χ2v) is 6.53. The molecule has 0 aromatic carbocycles. The van der Waals surface area contributed by atoms with Crippen LogP contribution < -0.4 is 15.0 Å². The predicted octanol–water partition coefficient (Wildman–Crippen LogP) is 0.0254. The summed E-state index contributed by atoms with van der Waals surface area (Å²) in [6.07, 6.45) is 0. The zero-order valence-corrected chi connectivity index (χ0v) is 6.82. The molecular formula is C3H12IN3. The second-order valence-electron chi connectivity index (χ2n) is 1.10. The van der Waals surface area contributed by atoms with Gasteiger partial charge in [0.2, 0.25) is 0 Å². The van der Waals surface area contributed by atoms with Gasteiger partial charge in [0.25, 0.3) is 0 Å².